The number of nitrogens with one attached hydrogen (secondary N) is 1. The van der Waals surface area contributed by atoms with Gasteiger partial charge >= 0.3 is 0 Å². The topological polar surface area (TPSA) is 98.1 Å². The van der Waals surface area contributed by atoms with Gasteiger partial charge in [-0.2, -0.15) is 5.10 Å². The van der Waals surface area contributed by atoms with E-state index in [2.05, 4.69) is 10.4 Å². The largest absolute Gasteiger partial charge is 0.354 e. The Bertz CT molecular complexity index is 1120. The molecular formula is C20H21N3O4S. The van der Waals surface area contributed by atoms with E-state index in [-0.39, 0.29) is 35.9 Å². The summed E-state index contributed by atoms with van der Waals surface area (Å²) in [6, 6.07) is 16.0. The van der Waals surface area contributed by atoms with E-state index in [1.807, 2.05) is 6.07 Å². The van der Waals surface area contributed by atoms with Crippen molar-refractivity contribution in [3.05, 3.63) is 76.6 Å². The summed E-state index contributed by atoms with van der Waals surface area (Å²) in [7, 11) is -3.23. The van der Waals surface area contributed by atoms with Crippen molar-refractivity contribution >= 4 is 26.6 Å². The Morgan fingerprint density at radius 1 is 1.04 bits per heavy atom. The third-order valence-electron chi connectivity index (χ3n) is 4.24. The van der Waals surface area contributed by atoms with Gasteiger partial charge in [0.2, 0.25) is 11.3 Å². The number of hydrogen-bond acceptors (Lipinski definition) is 5. The minimum Gasteiger partial charge on any atom is -0.354 e. The number of amides is 1. The first-order valence-corrected chi connectivity index (χ1v) is 10.7. The number of para-hydroxylation sites is 1. The molecule has 0 atom stereocenters. The number of carbonyl (C=O) groups excluding carboxylic acids is 1. The molecule has 0 aliphatic rings. The van der Waals surface area contributed by atoms with E-state index in [9.17, 15) is 18.0 Å². The van der Waals surface area contributed by atoms with Crippen LogP contribution >= 0.6 is 0 Å². The van der Waals surface area contributed by atoms with Crippen LogP contribution in [0.3, 0.4) is 0 Å². The number of rotatable bonds is 8. The van der Waals surface area contributed by atoms with E-state index < -0.39 is 9.84 Å². The molecule has 3 rings (SSSR count). The SMILES string of the molecule is O=C(Cn1ncc(=O)c2ccccc21)NCCCS(=O)(=O)Cc1ccccc1. The fourth-order valence-electron chi connectivity index (χ4n) is 2.90. The van der Waals surface area contributed by atoms with Gasteiger partial charge in [0.1, 0.15) is 6.54 Å². The van der Waals surface area contributed by atoms with Gasteiger partial charge in [0, 0.05) is 11.9 Å². The predicted molar refractivity (Wildman–Crippen MR) is 108 cm³/mol. The second kappa shape index (κ2) is 8.79. The van der Waals surface area contributed by atoms with Crippen molar-refractivity contribution in [2.75, 3.05) is 12.3 Å². The van der Waals surface area contributed by atoms with E-state index in [0.717, 1.165) is 5.56 Å². The third kappa shape index (κ3) is 5.26. The summed E-state index contributed by atoms with van der Waals surface area (Å²) in [6.45, 7) is 0.211. The van der Waals surface area contributed by atoms with Crippen molar-refractivity contribution in [1.29, 1.82) is 0 Å². The Morgan fingerprint density at radius 3 is 2.54 bits per heavy atom. The number of hydrogen-bond donors (Lipinski definition) is 1. The van der Waals surface area contributed by atoms with Gasteiger partial charge < -0.3 is 5.32 Å². The molecule has 1 N–H and O–H groups in total. The van der Waals surface area contributed by atoms with Crippen LogP contribution in [-0.4, -0.2) is 36.4 Å². The number of aromatic nitrogens is 2. The molecule has 0 unspecified atom stereocenters. The Morgan fingerprint density at radius 2 is 1.75 bits per heavy atom. The second-order valence-corrected chi connectivity index (χ2v) is 8.65. The van der Waals surface area contributed by atoms with Gasteiger partial charge in [-0.3, -0.25) is 14.3 Å². The van der Waals surface area contributed by atoms with E-state index in [0.29, 0.717) is 17.3 Å². The molecule has 7 nitrogen and oxygen atoms in total. The molecule has 28 heavy (non-hydrogen) atoms. The van der Waals surface area contributed by atoms with Crippen LogP contribution in [-0.2, 0) is 26.9 Å². The van der Waals surface area contributed by atoms with Crippen molar-refractivity contribution < 1.29 is 13.2 Å². The maximum Gasteiger partial charge on any atom is 0.241 e. The van der Waals surface area contributed by atoms with Crippen molar-refractivity contribution in [1.82, 2.24) is 15.1 Å². The van der Waals surface area contributed by atoms with E-state index in [1.54, 1.807) is 48.5 Å². The standard InChI is InChI=1S/C20H21N3O4S/c24-19-13-22-23(18-10-5-4-9-17(18)19)14-20(25)21-11-6-12-28(26,27)15-16-7-2-1-3-8-16/h1-5,7-10,13H,6,11-12,14-15H2,(H,21,25). The van der Waals surface area contributed by atoms with Crippen LogP contribution in [0.25, 0.3) is 10.9 Å². The quantitative estimate of drug-likeness (QED) is 0.579. The highest BCUT2D eigenvalue weighted by atomic mass is 32.2. The summed E-state index contributed by atoms with van der Waals surface area (Å²) < 4.78 is 25.8. The Labute approximate surface area is 162 Å². The average Bonchev–Trinajstić information content (AvgIpc) is 2.68. The zero-order valence-electron chi connectivity index (χ0n) is 15.2. The molecular weight excluding hydrogens is 378 g/mol. The minimum atomic E-state index is -3.23. The van der Waals surface area contributed by atoms with Crippen LogP contribution in [0, 0.1) is 0 Å². The first kappa shape index (κ1) is 19.8. The van der Waals surface area contributed by atoms with Gasteiger partial charge in [-0.25, -0.2) is 8.42 Å². The molecule has 1 amide bonds. The van der Waals surface area contributed by atoms with Gasteiger partial charge in [0.25, 0.3) is 0 Å². The number of nitrogens with zero attached hydrogens (tertiary/aromatic N) is 2. The first-order valence-electron chi connectivity index (χ1n) is 8.90. The normalized spacial score (nSPS) is 11.4. The molecule has 3 aromatic rings. The summed E-state index contributed by atoms with van der Waals surface area (Å²) in [5, 5.41) is 7.21. The summed E-state index contributed by atoms with van der Waals surface area (Å²) in [5.41, 5.74) is 1.13. The molecule has 0 fully saturated rings. The van der Waals surface area contributed by atoms with Crippen LogP contribution in [0.5, 0.6) is 0 Å². The lowest BCUT2D eigenvalue weighted by atomic mass is 10.2. The highest BCUT2D eigenvalue weighted by Gasteiger charge is 2.12. The maximum atomic E-state index is 12.2. The molecule has 0 bridgehead atoms. The summed E-state index contributed by atoms with van der Waals surface area (Å²) in [4.78, 5) is 24.0. The summed E-state index contributed by atoms with van der Waals surface area (Å²) in [6.07, 6.45) is 1.52. The summed E-state index contributed by atoms with van der Waals surface area (Å²) in [5.74, 6) is -0.294. The highest BCUT2D eigenvalue weighted by Crippen LogP contribution is 2.08. The highest BCUT2D eigenvalue weighted by molar-refractivity contribution is 7.90. The number of benzene rings is 2. The molecule has 146 valence electrons. The third-order valence-corrected chi connectivity index (χ3v) is 5.92. The number of fused-ring (bicyclic) bond motifs is 1. The Hall–Kier alpha value is -3.00. The zero-order chi connectivity index (χ0) is 20.0. The molecule has 0 saturated heterocycles. The molecule has 1 heterocycles. The van der Waals surface area contributed by atoms with Gasteiger partial charge in [0.05, 0.1) is 23.2 Å². The summed E-state index contributed by atoms with van der Waals surface area (Å²) >= 11 is 0. The second-order valence-electron chi connectivity index (χ2n) is 6.46. The van der Waals surface area contributed by atoms with E-state index in [4.69, 9.17) is 0 Å². The number of carbonyl (C=O) groups is 1. The average molecular weight is 399 g/mol. The first-order chi connectivity index (χ1) is 13.4. The van der Waals surface area contributed by atoms with Crippen LogP contribution in [0.4, 0.5) is 0 Å². The fraction of sp³-hybridized carbons (Fsp3) is 0.250. The molecule has 0 aliphatic carbocycles. The van der Waals surface area contributed by atoms with Gasteiger partial charge in [-0.05, 0) is 24.1 Å². The Balaban J connectivity index is 1.50. The lowest BCUT2D eigenvalue weighted by molar-refractivity contribution is -0.121. The molecule has 2 aromatic carbocycles. The number of sulfone groups is 1. The molecule has 0 aliphatic heterocycles. The van der Waals surface area contributed by atoms with Crippen LogP contribution in [0.1, 0.15) is 12.0 Å². The lowest BCUT2D eigenvalue weighted by Crippen LogP contribution is -2.30. The van der Waals surface area contributed by atoms with E-state index in [1.165, 1.54) is 10.9 Å². The van der Waals surface area contributed by atoms with E-state index >= 15 is 0 Å². The lowest BCUT2D eigenvalue weighted by Gasteiger charge is -2.10. The monoisotopic (exact) mass is 399 g/mol. The van der Waals surface area contributed by atoms with Crippen LogP contribution in [0.15, 0.2) is 65.6 Å². The van der Waals surface area contributed by atoms with Crippen molar-refractivity contribution in [3.8, 4) is 0 Å². The maximum absolute atomic E-state index is 12.2. The minimum absolute atomic E-state index is 0.00137. The van der Waals surface area contributed by atoms with Gasteiger partial charge in [0.15, 0.2) is 9.84 Å². The molecule has 0 radical (unpaired) electrons. The molecule has 1 aromatic heterocycles. The van der Waals surface area contributed by atoms with Gasteiger partial charge in [-0.15, -0.1) is 0 Å². The molecule has 8 heteroatoms. The molecule has 0 spiro atoms. The van der Waals surface area contributed by atoms with Crippen LogP contribution < -0.4 is 10.7 Å². The zero-order valence-corrected chi connectivity index (χ0v) is 16.1. The van der Waals surface area contributed by atoms with Crippen molar-refractivity contribution in [2.45, 2.75) is 18.7 Å². The van der Waals surface area contributed by atoms with Crippen molar-refractivity contribution in [2.24, 2.45) is 0 Å². The predicted octanol–water partition coefficient (Wildman–Crippen LogP) is 1.52. The smallest absolute Gasteiger partial charge is 0.241 e. The molecule has 0 saturated carbocycles. The fourth-order valence-corrected chi connectivity index (χ4v) is 4.33. The van der Waals surface area contributed by atoms with Crippen molar-refractivity contribution in [3.63, 3.8) is 0 Å². The van der Waals surface area contributed by atoms with Crippen LogP contribution in [0.2, 0.25) is 0 Å². The Kier molecular flexibility index (Phi) is 6.20. The van der Waals surface area contributed by atoms with Gasteiger partial charge in [-0.1, -0.05) is 42.5 Å².